The van der Waals surface area contributed by atoms with E-state index < -0.39 is 0 Å². The molecule has 1 heterocycles. The molecule has 0 saturated heterocycles. The minimum absolute atomic E-state index is 0.0403. The predicted octanol–water partition coefficient (Wildman–Crippen LogP) is 0.512. The van der Waals surface area contributed by atoms with Crippen LogP contribution in [0, 0.1) is 0 Å². The van der Waals surface area contributed by atoms with E-state index in [2.05, 4.69) is 10.2 Å². The lowest BCUT2D eigenvalue weighted by atomic mass is 10.6. The monoisotopic (exact) mass is 173 g/mol. The third-order valence-corrected chi connectivity index (χ3v) is 2.10. The fraction of sp³-hybridized carbons (Fsp3) is 0.667. The first-order valence-corrected chi connectivity index (χ1v) is 4.62. The molecule has 11 heavy (non-hydrogen) atoms. The van der Waals surface area contributed by atoms with Gasteiger partial charge in [-0.15, -0.1) is 10.2 Å². The van der Waals surface area contributed by atoms with Gasteiger partial charge in [-0.05, 0) is 13.2 Å². The van der Waals surface area contributed by atoms with Crippen LogP contribution in [0.5, 0.6) is 0 Å². The smallest absolute Gasteiger partial charge is 0.190 e. The molecular weight excluding hydrogens is 162 g/mol. The van der Waals surface area contributed by atoms with Gasteiger partial charge in [-0.1, -0.05) is 11.8 Å². The number of nitrogens with zero attached hydrogens (tertiary/aromatic N) is 3. The molecule has 0 bridgehead atoms. The molecule has 0 aliphatic carbocycles. The van der Waals surface area contributed by atoms with E-state index in [1.807, 2.05) is 17.7 Å². The van der Waals surface area contributed by atoms with Crippen molar-refractivity contribution in [2.45, 2.75) is 25.2 Å². The van der Waals surface area contributed by atoms with Crippen molar-refractivity contribution in [1.82, 2.24) is 14.8 Å². The summed E-state index contributed by atoms with van der Waals surface area (Å²) in [6, 6.07) is 0. The van der Waals surface area contributed by atoms with Gasteiger partial charge in [0.2, 0.25) is 0 Å². The fourth-order valence-corrected chi connectivity index (χ4v) is 1.48. The minimum Gasteiger partial charge on any atom is -0.388 e. The van der Waals surface area contributed by atoms with Crippen molar-refractivity contribution in [2.24, 2.45) is 0 Å². The largest absolute Gasteiger partial charge is 0.388 e. The molecule has 0 fully saturated rings. The summed E-state index contributed by atoms with van der Waals surface area (Å²) in [5.41, 5.74) is 0. The van der Waals surface area contributed by atoms with Crippen molar-refractivity contribution < 1.29 is 5.11 Å². The van der Waals surface area contributed by atoms with Crippen LogP contribution in [0.15, 0.2) is 5.16 Å². The number of rotatable bonds is 3. The number of thioether (sulfide) groups is 1. The van der Waals surface area contributed by atoms with Gasteiger partial charge < -0.3 is 9.67 Å². The summed E-state index contributed by atoms with van der Waals surface area (Å²) in [5, 5.41) is 17.4. The van der Waals surface area contributed by atoms with E-state index in [0.717, 1.165) is 11.7 Å². The third kappa shape index (κ3) is 1.54. The van der Waals surface area contributed by atoms with Gasteiger partial charge in [-0.2, -0.15) is 0 Å². The lowest BCUT2D eigenvalue weighted by Crippen LogP contribution is -2.02. The molecule has 1 rings (SSSR count). The van der Waals surface area contributed by atoms with Crippen molar-refractivity contribution in [3.8, 4) is 0 Å². The van der Waals surface area contributed by atoms with Crippen LogP contribution >= 0.6 is 11.8 Å². The maximum Gasteiger partial charge on any atom is 0.190 e. The normalized spacial score (nSPS) is 10.5. The summed E-state index contributed by atoms with van der Waals surface area (Å²) in [7, 11) is 0. The number of aliphatic hydroxyl groups is 1. The van der Waals surface area contributed by atoms with Crippen molar-refractivity contribution >= 4 is 11.8 Å². The molecule has 0 aliphatic heterocycles. The number of aliphatic hydroxyl groups excluding tert-OH is 1. The zero-order chi connectivity index (χ0) is 8.27. The van der Waals surface area contributed by atoms with Crippen LogP contribution < -0.4 is 0 Å². The summed E-state index contributed by atoms with van der Waals surface area (Å²) < 4.78 is 1.89. The van der Waals surface area contributed by atoms with Crippen molar-refractivity contribution in [3.05, 3.63) is 5.82 Å². The van der Waals surface area contributed by atoms with Crippen LogP contribution in [0.1, 0.15) is 12.7 Å². The number of hydrogen-bond acceptors (Lipinski definition) is 4. The Morgan fingerprint density at radius 1 is 1.55 bits per heavy atom. The summed E-state index contributed by atoms with van der Waals surface area (Å²) in [6.45, 7) is 2.77. The third-order valence-electron chi connectivity index (χ3n) is 1.43. The highest BCUT2D eigenvalue weighted by Crippen LogP contribution is 2.12. The van der Waals surface area contributed by atoms with Gasteiger partial charge in [0.15, 0.2) is 11.0 Å². The van der Waals surface area contributed by atoms with Crippen LogP contribution in [0.2, 0.25) is 0 Å². The van der Waals surface area contributed by atoms with Gasteiger partial charge in [-0.25, -0.2) is 0 Å². The van der Waals surface area contributed by atoms with E-state index in [0.29, 0.717) is 5.82 Å². The minimum atomic E-state index is -0.0403. The Labute approximate surface area is 69.6 Å². The second kappa shape index (κ2) is 3.73. The highest BCUT2D eigenvalue weighted by Gasteiger charge is 2.06. The van der Waals surface area contributed by atoms with Crippen LogP contribution in [0.25, 0.3) is 0 Å². The van der Waals surface area contributed by atoms with E-state index in [9.17, 15) is 0 Å². The Bertz CT molecular complexity index is 214. The highest BCUT2D eigenvalue weighted by atomic mass is 32.2. The Morgan fingerprint density at radius 2 is 2.27 bits per heavy atom. The molecule has 1 N–H and O–H groups in total. The van der Waals surface area contributed by atoms with Crippen molar-refractivity contribution in [3.63, 3.8) is 0 Å². The van der Waals surface area contributed by atoms with Crippen molar-refractivity contribution in [2.75, 3.05) is 6.26 Å². The maximum absolute atomic E-state index is 8.83. The summed E-state index contributed by atoms with van der Waals surface area (Å²) in [4.78, 5) is 0. The van der Waals surface area contributed by atoms with E-state index in [1.54, 1.807) is 0 Å². The molecule has 1 aromatic rings. The Morgan fingerprint density at radius 3 is 2.73 bits per heavy atom. The van der Waals surface area contributed by atoms with Gasteiger partial charge in [0.25, 0.3) is 0 Å². The van der Waals surface area contributed by atoms with Crippen LogP contribution in [0.4, 0.5) is 0 Å². The number of hydrogen-bond donors (Lipinski definition) is 1. The molecule has 0 saturated carbocycles. The molecule has 0 amide bonds. The molecule has 0 spiro atoms. The Hall–Kier alpha value is -0.550. The summed E-state index contributed by atoms with van der Waals surface area (Å²) >= 11 is 1.53. The van der Waals surface area contributed by atoms with Gasteiger partial charge in [0.05, 0.1) is 0 Å². The predicted molar refractivity (Wildman–Crippen MR) is 43.4 cm³/mol. The molecule has 62 valence electrons. The van der Waals surface area contributed by atoms with Gasteiger partial charge in [0, 0.05) is 6.54 Å². The zero-order valence-electron chi connectivity index (χ0n) is 6.61. The lowest BCUT2D eigenvalue weighted by Gasteiger charge is -2.01. The van der Waals surface area contributed by atoms with E-state index >= 15 is 0 Å². The molecule has 0 aliphatic rings. The lowest BCUT2D eigenvalue weighted by molar-refractivity contribution is 0.264. The van der Waals surface area contributed by atoms with Gasteiger partial charge in [-0.3, -0.25) is 0 Å². The number of aromatic nitrogens is 3. The first-order chi connectivity index (χ1) is 5.33. The molecule has 0 unspecified atom stereocenters. The second-order valence-electron chi connectivity index (χ2n) is 2.01. The molecule has 4 nitrogen and oxygen atoms in total. The van der Waals surface area contributed by atoms with Crippen LogP contribution in [-0.4, -0.2) is 26.1 Å². The van der Waals surface area contributed by atoms with Crippen molar-refractivity contribution in [1.29, 1.82) is 0 Å². The second-order valence-corrected chi connectivity index (χ2v) is 2.78. The zero-order valence-corrected chi connectivity index (χ0v) is 7.43. The van der Waals surface area contributed by atoms with Gasteiger partial charge >= 0.3 is 0 Å². The molecule has 5 heteroatoms. The molecular formula is C6H11N3OS. The van der Waals surface area contributed by atoms with E-state index in [4.69, 9.17) is 5.11 Å². The molecule has 1 aromatic heterocycles. The van der Waals surface area contributed by atoms with E-state index in [-0.39, 0.29) is 6.61 Å². The first-order valence-electron chi connectivity index (χ1n) is 3.40. The first kappa shape index (κ1) is 8.55. The SMILES string of the molecule is CCn1c(CO)nnc1SC. The Balaban J connectivity index is 2.99. The molecule has 0 atom stereocenters. The standard InChI is InChI=1S/C6H11N3OS/c1-3-9-5(4-10)7-8-6(9)11-2/h10H,3-4H2,1-2H3. The summed E-state index contributed by atoms with van der Waals surface area (Å²) in [5.74, 6) is 0.636. The van der Waals surface area contributed by atoms with E-state index in [1.165, 1.54) is 11.8 Å². The average molecular weight is 173 g/mol. The highest BCUT2D eigenvalue weighted by molar-refractivity contribution is 7.98. The molecule has 0 aromatic carbocycles. The summed E-state index contributed by atoms with van der Waals surface area (Å²) in [6.07, 6.45) is 1.94. The van der Waals surface area contributed by atoms with Gasteiger partial charge in [0.1, 0.15) is 6.61 Å². The Kier molecular flexibility index (Phi) is 2.90. The average Bonchev–Trinajstić information content (AvgIpc) is 2.45. The molecule has 0 radical (unpaired) electrons. The maximum atomic E-state index is 8.83. The van der Waals surface area contributed by atoms with Crippen LogP contribution in [0.3, 0.4) is 0 Å². The quantitative estimate of drug-likeness (QED) is 0.677. The topological polar surface area (TPSA) is 50.9 Å². The fourth-order valence-electron chi connectivity index (χ4n) is 0.905. The van der Waals surface area contributed by atoms with Crippen LogP contribution in [-0.2, 0) is 13.2 Å².